The molecule has 6 nitrogen and oxygen atoms in total. The van der Waals surface area contributed by atoms with Crippen molar-refractivity contribution in [3.8, 4) is 11.5 Å². The molecular formula is C35H37N3O3S. The standard InChI is InChI=1S/C35H37N3O3S/c1-3-25-20-38(30-19-31(41-21-24-9-5-4-6-10-24)34-32(33(25)30)23(2)22-42-34)35(39)29-18-26-17-27(11-12-28(26)36-29)40-16-15-37-13-7-8-14-37/h4-6,9-12,17-19,22,25,36H,3,7-8,13-16,20-21H2,1-2H3/t25-/m1/s1. The van der Waals surface area contributed by atoms with Gasteiger partial charge in [-0.1, -0.05) is 37.3 Å². The molecule has 0 bridgehead atoms. The highest BCUT2D eigenvalue weighted by molar-refractivity contribution is 7.17. The fourth-order valence-electron chi connectivity index (χ4n) is 6.53. The summed E-state index contributed by atoms with van der Waals surface area (Å²) in [6.07, 6.45) is 3.54. The minimum atomic E-state index is -0.0128. The molecule has 4 heterocycles. The van der Waals surface area contributed by atoms with Gasteiger partial charge in [0.2, 0.25) is 0 Å². The van der Waals surface area contributed by atoms with Crippen LogP contribution in [0.2, 0.25) is 0 Å². The van der Waals surface area contributed by atoms with Crippen LogP contribution in [-0.4, -0.2) is 48.6 Å². The van der Waals surface area contributed by atoms with Gasteiger partial charge in [0.25, 0.3) is 5.91 Å². The van der Waals surface area contributed by atoms with Crippen LogP contribution in [0.3, 0.4) is 0 Å². The first-order valence-electron chi connectivity index (χ1n) is 15.1. The Morgan fingerprint density at radius 2 is 1.88 bits per heavy atom. The molecule has 2 aliphatic heterocycles. The van der Waals surface area contributed by atoms with Crippen LogP contribution in [0.5, 0.6) is 11.5 Å². The summed E-state index contributed by atoms with van der Waals surface area (Å²) < 4.78 is 13.7. The Morgan fingerprint density at radius 3 is 2.69 bits per heavy atom. The van der Waals surface area contributed by atoms with Crippen molar-refractivity contribution < 1.29 is 14.3 Å². The van der Waals surface area contributed by atoms with Crippen LogP contribution in [0, 0.1) is 6.92 Å². The Labute approximate surface area is 250 Å². The number of carbonyl (C=O) groups excluding carboxylic acids is 1. The number of nitrogens with zero attached hydrogens (tertiary/aromatic N) is 2. The molecule has 1 fully saturated rings. The second-order valence-corrected chi connectivity index (χ2v) is 12.4. The Bertz CT molecular complexity index is 1740. The highest BCUT2D eigenvalue weighted by Crippen LogP contribution is 2.49. The summed E-state index contributed by atoms with van der Waals surface area (Å²) in [5, 5.41) is 4.44. The van der Waals surface area contributed by atoms with Crippen molar-refractivity contribution in [3.05, 3.63) is 88.4 Å². The molecule has 0 aliphatic carbocycles. The molecule has 0 unspecified atom stereocenters. The molecule has 0 saturated carbocycles. The maximum Gasteiger partial charge on any atom is 0.274 e. The first kappa shape index (κ1) is 27.0. The van der Waals surface area contributed by atoms with Gasteiger partial charge in [0.15, 0.2) is 0 Å². The van der Waals surface area contributed by atoms with E-state index in [0.29, 0.717) is 25.5 Å². The zero-order valence-electron chi connectivity index (χ0n) is 24.3. The second-order valence-electron chi connectivity index (χ2n) is 11.6. The maximum absolute atomic E-state index is 14.1. The average molecular weight is 580 g/mol. The van der Waals surface area contributed by atoms with E-state index in [2.05, 4.69) is 47.3 Å². The van der Waals surface area contributed by atoms with Gasteiger partial charge in [-0.25, -0.2) is 0 Å². The summed E-state index contributed by atoms with van der Waals surface area (Å²) in [4.78, 5) is 21.9. The number of benzene rings is 3. The number of hydrogen-bond donors (Lipinski definition) is 1. The molecule has 42 heavy (non-hydrogen) atoms. The SMILES string of the molecule is CC[C@@H]1CN(C(=O)c2cc3cc(OCCN4CCCC4)ccc3[nH]2)c2cc(OCc3ccccc3)c3scc(C)c3c21. The lowest BCUT2D eigenvalue weighted by Gasteiger charge is -2.18. The first-order valence-corrected chi connectivity index (χ1v) is 16.0. The number of aromatic amines is 1. The highest BCUT2D eigenvalue weighted by Gasteiger charge is 2.36. The van der Waals surface area contributed by atoms with E-state index in [4.69, 9.17) is 9.47 Å². The van der Waals surface area contributed by atoms with Crippen molar-refractivity contribution in [2.45, 2.75) is 45.6 Å². The molecule has 1 saturated heterocycles. The van der Waals surface area contributed by atoms with E-state index in [1.807, 2.05) is 47.4 Å². The van der Waals surface area contributed by atoms with E-state index >= 15 is 0 Å². The van der Waals surface area contributed by atoms with Crippen molar-refractivity contribution in [3.63, 3.8) is 0 Å². The molecule has 7 rings (SSSR count). The third-order valence-electron chi connectivity index (χ3n) is 8.79. The van der Waals surface area contributed by atoms with Gasteiger partial charge in [-0.05, 0) is 85.6 Å². The number of likely N-dealkylation sites (tertiary alicyclic amines) is 1. The van der Waals surface area contributed by atoms with Crippen LogP contribution in [0.1, 0.15) is 59.3 Å². The molecule has 2 aromatic heterocycles. The number of aryl methyl sites for hydroxylation is 1. The van der Waals surface area contributed by atoms with Crippen molar-refractivity contribution in [1.82, 2.24) is 9.88 Å². The molecule has 216 valence electrons. The zero-order chi connectivity index (χ0) is 28.6. The van der Waals surface area contributed by atoms with Gasteiger partial charge < -0.3 is 19.4 Å². The number of aromatic nitrogens is 1. The zero-order valence-corrected chi connectivity index (χ0v) is 25.1. The number of nitrogens with one attached hydrogen (secondary N) is 1. The van der Waals surface area contributed by atoms with Gasteiger partial charge in [-0.3, -0.25) is 9.69 Å². The smallest absolute Gasteiger partial charge is 0.274 e. The number of amides is 1. The molecule has 2 aliphatic rings. The van der Waals surface area contributed by atoms with E-state index in [0.717, 1.165) is 51.3 Å². The summed E-state index contributed by atoms with van der Waals surface area (Å²) in [5.74, 6) is 1.95. The van der Waals surface area contributed by atoms with E-state index in [9.17, 15) is 4.79 Å². The molecule has 3 aromatic carbocycles. The fourth-order valence-corrected chi connectivity index (χ4v) is 7.57. The van der Waals surface area contributed by atoms with Crippen LogP contribution in [0.25, 0.3) is 21.0 Å². The first-order chi connectivity index (χ1) is 20.6. The number of rotatable bonds is 9. The van der Waals surface area contributed by atoms with Crippen LogP contribution in [0.15, 0.2) is 66.0 Å². The number of hydrogen-bond acceptors (Lipinski definition) is 5. The van der Waals surface area contributed by atoms with Gasteiger partial charge in [0, 0.05) is 41.4 Å². The lowest BCUT2D eigenvalue weighted by Crippen LogP contribution is -2.30. The van der Waals surface area contributed by atoms with Crippen molar-refractivity contribution >= 4 is 43.9 Å². The Balaban J connectivity index is 1.17. The monoisotopic (exact) mass is 579 g/mol. The van der Waals surface area contributed by atoms with E-state index in [1.165, 1.54) is 42.4 Å². The predicted molar refractivity (Wildman–Crippen MR) is 172 cm³/mol. The number of H-pyrrole nitrogens is 1. The molecule has 1 N–H and O–H groups in total. The van der Waals surface area contributed by atoms with Crippen LogP contribution in [-0.2, 0) is 6.61 Å². The van der Waals surface area contributed by atoms with Gasteiger partial charge in [0.05, 0.1) is 10.4 Å². The van der Waals surface area contributed by atoms with Gasteiger partial charge >= 0.3 is 0 Å². The lowest BCUT2D eigenvalue weighted by atomic mass is 9.94. The molecule has 5 aromatic rings. The molecule has 7 heteroatoms. The van der Waals surface area contributed by atoms with E-state index < -0.39 is 0 Å². The molecule has 1 amide bonds. The van der Waals surface area contributed by atoms with Gasteiger partial charge in [-0.2, -0.15) is 0 Å². The minimum absolute atomic E-state index is 0.0128. The van der Waals surface area contributed by atoms with E-state index in [-0.39, 0.29) is 11.8 Å². The topological polar surface area (TPSA) is 57.8 Å². The summed E-state index contributed by atoms with van der Waals surface area (Å²) >= 11 is 1.73. The summed E-state index contributed by atoms with van der Waals surface area (Å²) in [7, 11) is 0. The number of ether oxygens (including phenoxy) is 2. The fraction of sp³-hybridized carbons (Fsp3) is 0.343. The Kier molecular flexibility index (Phi) is 7.38. The molecule has 1 atom stereocenters. The number of fused-ring (bicyclic) bond motifs is 4. The third-order valence-corrected chi connectivity index (χ3v) is 9.90. The summed E-state index contributed by atoms with van der Waals surface area (Å²) in [6.45, 7) is 9.50. The van der Waals surface area contributed by atoms with Crippen molar-refractivity contribution in [2.24, 2.45) is 0 Å². The van der Waals surface area contributed by atoms with Gasteiger partial charge in [-0.15, -0.1) is 11.3 Å². The summed E-state index contributed by atoms with van der Waals surface area (Å²) in [6, 6.07) is 20.3. The summed E-state index contributed by atoms with van der Waals surface area (Å²) in [5.41, 5.74) is 6.14. The van der Waals surface area contributed by atoms with Crippen LogP contribution < -0.4 is 14.4 Å². The maximum atomic E-state index is 14.1. The number of carbonyl (C=O) groups is 1. The number of thiophene rings is 1. The molecule has 0 radical (unpaired) electrons. The van der Waals surface area contributed by atoms with Gasteiger partial charge in [0.1, 0.15) is 30.4 Å². The van der Waals surface area contributed by atoms with Crippen molar-refractivity contribution in [2.75, 3.05) is 37.7 Å². The highest BCUT2D eigenvalue weighted by atomic mass is 32.1. The Hall–Kier alpha value is -3.81. The normalized spacial score (nSPS) is 16.9. The lowest BCUT2D eigenvalue weighted by molar-refractivity contribution is 0.0984. The second kappa shape index (κ2) is 11.5. The predicted octanol–water partition coefficient (Wildman–Crippen LogP) is 7.90. The quantitative estimate of drug-likeness (QED) is 0.193. The molecule has 0 spiro atoms. The minimum Gasteiger partial charge on any atom is -0.492 e. The average Bonchev–Trinajstić information content (AvgIpc) is 3.82. The number of anilines is 1. The molecular weight excluding hydrogens is 542 g/mol. The van der Waals surface area contributed by atoms with Crippen LogP contribution in [0.4, 0.5) is 5.69 Å². The Morgan fingerprint density at radius 1 is 1.05 bits per heavy atom. The third kappa shape index (κ3) is 5.05. The van der Waals surface area contributed by atoms with E-state index in [1.54, 1.807) is 11.3 Å². The van der Waals surface area contributed by atoms with Crippen molar-refractivity contribution in [1.29, 1.82) is 0 Å². The van der Waals surface area contributed by atoms with Crippen LogP contribution >= 0.6 is 11.3 Å². The largest absolute Gasteiger partial charge is 0.492 e.